The van der Waals surface area contributed by atoms with Crippen molar-refractivity contribution >= 4 is 5.82 Å². The number of benzene rings is 1. The lowest BCUT2D eigenvalue weighted by atomic mass is 10.1. The Labute approximate surface area is 161 Å². The molecule has 0 radical (unpaired) electrons. The first-order chi connectivity index (χ1) is 13.0. The van der Waals surface area contributed by atoms with Crippen LogP contribution in [0.15, 0.2) is 24.7 Å². The van der Waals surface area contributed by atoms with Crippen molar-refractivity contribution in [1.29, 1.82) is 0 Å². The fraction of sp³-hybridized carbons (Fsp3) is 0.550. The Balaban J connectivity index is 1.71. The van der Waals surface area contributed by atoms with Gasteiger partial charge in [0.2, 0.25) is 5.75 Å². The Kier molecular flexibility index (Phi) is 6.11. The van der Waals surface area contributed by atoms with Crippen molar-refractivity contribution in [2.24, 2.45) is 5.92 Å². The molecule has 2 aromatic rings. The fourth-order valence-electron chi connectivity index (χ4n) is 2.96. The topological polar surface area (TPSA) is 69.6 Å². The van der Waals surface area contributed by atoms with Crippen LogP contribution >= 0.6 is 0 Å². The number of hydrogen-bond acceptors (Lipinski definition) is 6. The third-order valence-corrected chi connectivity index (χ3v) is 5.08. The molecule has 7 heteroatoms. The van der Waals surface area contributed by atoms with Crippen molar-refractivity contribution in [1.82, 2.24) is 14.9 Å². The quantitative estimate of drug-likeness (QED) is 0.666. The van der Waals surface area contributed by atoms with E-state index in [0.717, 1.165) is 24.0 Å². The number of ether oxygens (including phenoxy) is 3. The van der Waals surface area contributed by atoms with Crippen LogP contribution in [0.3, 0.4) is 0 Å². The number of rotatable bonds is 10. The first-order valence-electron chi connectivity index (χ1n) is 9.40. The van der Waals surface area contributed by atoms with E-state index in [1.54, 1.807) is 27.7 Å². The number of aromatic nitrogens is 2. The normalized spacial score (nSPS) is 15.9. The second-order valence-corrected chi connectivity index (χ2v) is 7.12. The Bertz CT molecular complexity index is 732. The van der Waals surface area contributed by atoms with E-state index in [1.807, 2.05) is 22.9 Å². The predicted molar refractivity (Wildman–Crippen MR) is 106 cm³/mol. The zero-order valence-corrected chi connectivity index (χ0v) is 16.8. The van der Waals surface area contributed by atoms with Gasteiger partial charge >= 0.3 is 0 Å². The Morgan fingerprint density at radius 3 is 2.30 bits per heavy atom. The van der Waals surface area contributed by atoms with Crippen LogP contribution in [0.25, 0.3) is 5.69 Å². The molecule has 27 heavy (non-hydrogen) atoms. The molecule has 1 aliphatic rings. The maximum Gasteiger partial charge on any atom is 0.203 e. The van der Waals surface area contributed by atoms with Gasteiger partial charge in [0.1, 0.15) is 12.1 Å². The zero-order chi connectivity index (χ0) is 19.4. The Hall–Kier alpha value is -2.41. The van der Waals surface area contributed by atoms with Crippen LogP contribution in [0.1, 0.15) is 26.7 Å². The van der Waals surface area contributed by atoms with Crippen LogP contribution < -0.4 is 24.8 Å². The van der Waals surface area contributed by atoms with Crippen LogP contribution in [-0.2, 0) is 0 Å². The van der Waals surface area contributed by atoms with Gasteiger partial charge in [-0.2, -0.15) is 0 Å². The summed E-state index contributed by atoms with van der Waals surface area (Å²) in [6.07, 6.45) is 6.46. The van der Waals surface area contributed by atoms with Crippen molar-refractivity contribution in [2.75, 3.05) is 33.2 Å². The number of nitrogens with zero attached hydrogens (tertiary/aromatic N) is 2. The standard InChI is InChI=1S/C20H30N4O3/c1-13(21-10-15-6-7-15)14(2)23-19-11-24(12-22-19)16-8-17(25-3)20(27-5)18(9-16)26-4/h8-9,11-15,21,23H,6-7,10H2,1-5H3/t13?,14-/m1/s1. The van der Waals surface area contributed by atoms with E-state index >= 15 is 0 Å². The molecule has 3 rings (SSSR count). The molecule has 1 saturated carbocycles. The molecule has 2 N–H and O–H groups in total. The second kappa shape index (κ2) is 8.52. The minimum absolute atomic E-state index is 0.270. The van der Waals surface area contributed by atoms with E-state index in [2.05, 4.69) is 29.5 Å². The minimum atomic E-state index is 0.270. The van der Waals surface area contributed by atoms with Crippen LogP contribution in [-0.4, -0.2) is 49.5 Å². The third kappa shape index (κ3) is 4.66. The molecule has 7 nitrogen and oxygen atoms in total. The van der Waals surface area contributed by atoms with Gasteiger partial charge in [-0.25, -0.2) is 4.98 Å². The highest BCUT2D eigenvalue weighted by Gasteiger charge is 2.22. The number of nitrogens with one attached hydrogen (secondary N) is 2. The van der Waals surface area contributed by atoms with Crippen molar-refractivity contribution < 1.29 is 14.2 Å². The van der Waals surface area contributed by atoms with Gasteiger partial charge in [0.15, 0.2) is 11.5 Å². The van der Waals surface area contributed by atoms with Crippen LogP contribution in [0.2, 0.25) is 0 Å². The summed E-state index contributed by atoms with van der Waals surface area (Å²) in [7, 11) is 4.82. The zero-order valence-electron chi connectivity index (χ0n) is 16.8. The molecule has 0 saturated heterocycles. The smallest absolute Gasteiger partial charge is 0.203 e. The molecule has 2 atom stereocenters. The lowest BCUT2D eigenvalue weighted by Crippen LogP contribution is -2.41. The minimum Gasteiger partial charge on any atom is -0.493 e. The van der Waals surface area contributed by atoms with Gasteiger partial charge in [0.05, 0.1) is 33.2 Å². The summed E-state index contributed by atoms with van der Waals surface area (Å²) < 4.78 is 18.2. The van der Waals surface area contributed by atoms with Crippen molar-refractivity contribution in [3.05, 3.63) is 24.7 Å². The lowest BCUT2D eigenvalue weighted by Gasteiger charge is -2.22. The first kappa shape index (κ1) is 19.4. The van der Waals surface area contributed by atoms with Gasteiger partial charge in [0, 0.05) is 24.2 Å². The maximum atomic E-state index is 5.43. The third-order valence-electron chi connectivity index (χ3n) is 5.08. The van der Waals surface area contributed by atoms with E-state index in [9.17, 15) is 0 Å². The summed E-state index contributed by atoms with van der Waals surface area (Å²) in [6.45, 7) is 5.48. The summed E-state index contributed by atoms with van der Waals surface area (Å²) in [5.41, 5.74) is 0.887. The molecule has 148 valence electrons. The van der Waals surface area contributed by atoms with Gasteiger partial charge < -0.3 is 29.4 Å². The molecule has 0 bridgehead atoms. The lowest BCUT2D eigenvalue weighted by molar-refractivity contribution is 0.324. The first-order valence-corrected chi connectivity index (χ1v) is 9.40. The largest absolute Gasteiger partial charge is 0.493 e. The van der Waals surface area contributed by atoms with Crippen LogP contribution in [0.4, 0.5) is 5.82 Å². The van der Waals surface area contributed by atoms with Crippen molar-refractivity contribution in [3.8, 4) is 22.9 Å². The highest BCUT2D eigenvalue weighted by molar-refractivity contribution is 5.58. The molecule has 0 aliphatic heterocycles. The number of methoxy groups -OCH3 is 3. The van der Waals surface area contributed by atoms with Gasteiger partial charge in [0.25, 0.3) is 0 Å². The Morgan fingerprint density at radius 1 is 1.07 bits per heavy atom. The molecule has 0 spiro atoms. The molecule has 1 aromatic carbocycles. The SMILES string of the molecule is COc1cc(-n2cnc(N[C@H](C)C(C)NCC3CC3)c2)cc(OC)c1OC. The summed E-state index contributed by atoms with van der Waals surface area (Å²) in [4.78, 5) is 4.49. The van der Waals surface area contributed by atoms with Crippen molar-refractivity contribution in [2.45, 2.75) is 38.8 Å². The summed E-state index contributed by atoms with van der Waals surface area (Å²) in [6, 6.07) is 4.44. The van der Waals surface area contributed by atoms with E-state index in [4.69, 9.17) is 14.2 Å². The van der Waals surface area contributed by atoms with Crippen LogP contribution in [0, 0.1) is 5.92 Å². The number of anilines is 1. The molecule has 1 aromatic heterocycles. The molecular formula is C20H30N4O3. The van der Waals surface area contributed by atoms with Gasteiger partial charge in [-0.15, -0.1) is 0 Å². The van der Waals surface area contributed by atoms with E-state index in [1.165, 1.54) is 12.8 Å². The molecule has 1 aliphatic carbocycles. The number of imidazole rings is 1. The molecule has 1 fully saturated rings. The summed E-state index contributed by atoms with van der Waals surface area (Å²) in [5.74, 6) is 3.50. The van der Waals surface area contributed by atoms with Crippen molar-refractivity contribution in [3.63, 3.8) is 0 Å². The summed E-state index contributed by atoms with van der Waals surface area (Å²) in [5, 5.41) is 7.08. The summed E-state index contributed by atoms with van der Waals surface area (Å²) >= 11 is 0. The van der Waals surface area contributed by atoms with Crippen LogP contribution in [0.5, 0.6) is 17.2 Å². The van der Waals surface area contributed by atoms with E-state index in [-0.39, 0.29) is 6.04 Å². The van der Waals surface area contributed by atoms with Gasteiger partial charge in [-0.05, 0) is 39.2 Å². The monoisotopic (exact) mass is 374 g/mol. The average Bonchev–Trinajstić information content (AvgIpc) is 3.41. The second-order valence-electron chi connectivity index (χ2n) is 7.12. The van der Waals surface area contributed by atoms with E-state index < -0.39 is 0 Å². The predicted octanol–water partition coefficient (Wildman–Crippen LogP) is 3.09. The highest BCUT2D eigenvalue weighted by Crippen LogP contribution is 2.39. The average molecular weight is 374 g/mol. The maximum absolute atomic E-state index is 5.43. The fourth-order valence-corrected chi connectivity index (χ4v) is 2.96. The molecule has 0 amide bonds. The van der Waals surface area contributed by atoms with E-state index in [0.29, 0.717) is 23.3 Å². The van der Waals surface area contributed by atoms with Gasteiger partial charge in [-0.3, -0.25) is 0 Å². The Morgan fingerprint density at radius 2 is 1.74 bits per heavy atom. The number of hydrogen-bond donors (Lipinski definition) is 2. The molecule has 1 heterocycles. The highest BCUT2D eigenvalue weighted by atomic mass is 16.5. The molecule has 1 unspecified atom stereocenters. The molecular weight excluding hydrogens is 344 g/mol. The van der Waals surface area contributed by atoms with Gasteiger partial charge in [-0.1, -0.05) is 0 Å².